The largest absolute Gasteiger partial charge is 0.489 e. The van der Waals surface area contributed by atoms with E-state index in [9.17, 15) is 4.79 Å². The minimum Gasteiger partial charge on any atom is -0.489 e. The van der Waals surface area contributed by atoms with E-state index in [-0.39, 0.29) is 17.1 Å². The van der Waals surface area contributed by atoms with Gasteiger partial charge < -0.3 is 15.5 Å². The second kappa shape index (κ2) is 8.39. The number of aromatic amines is 1. The zero-order valence-electron chi connectivity index (χ0n) is 16.1. The summed E-state index contributed by atoms with van der Waals surface area (Å²) in [7, 11) is 0. The number of H-pyrrole nitrogens is 1. The molecule has 29 heavy (non-hydrogen) atoms. The van der Waals surface area contributed by atoms with Gasteiger partial charge in [-0.25, -0.2) is 0 Å². The molecule has 0 saturated heterocycles. The van der Waals surface area contributed by atoms with Crippen molar-refractivity contribution in [1.29, 1.82) is 0 Å². The van der Waals surface area contributed by atoms with Gasteiger partial charge in [0.2, 0.25) is 0 Å². The summed E-state index contributed by atoms with van der Waals surface area (Å²) >= 11 is 12.6. The van der Waals surface area contributed by atoms with E-state index < -0.39 is 0 Å². The van der Waals surface area contributed by atoms with Gasteiger partial charge >= 0.3 is 0 Å². The van der Waals surface area contributed by atoms with Crippen molar-refractivity contribution in [2.75, 3.05) is 6.54 Å². The van der Waals surface area contributed by atoms with E-state index in [1.165, 1.54) is 5.56 Å². The van der Waals surface area contributed by atoms with Crippen LogP contribution in [0.25, 0.3) is 10.8 Å². The number of nitrogens with two attached hydrogens (primary N) is 1. The molecule has 2 aromatic carbocycles. The molecule has 3 aromatic rings. The van der Waals surface area contributed by atoms with Crippen LogP contribution < -0.4 is 16.0 Å². The van der Waals surface area contributed by atoms with Crippen LogP contribution in [0.4, 0.5) is 0 Å². The van der Waals surface area contributed by atoms with Gasteiger partial charge in [0, 0.05) is 16.6 Å². The third kappa shape index (κ3) is 4.16. The highest BCUT2D eigenvalue weighted by Crippen LogP contribution is 2.44. The number of rotatable bonds is 5. The molecule has 1 aromatic heterocycles. The highest BCUT2D eigenvalue weighted by Gasteiger charge is 2.37. The van der Waals surface area contributed by atoms with Gasteiger partial charge in [-0.05, 0) is 85.3 Å². The van der Waals surface area contributed by atoms with Gasteiger partial charge in [0.05, 0.1) is 11.1 Å². The molecule has 1 saturated carbocycles. The Morgan fingerprint density at radius 2 is 1.93 bits per heavy atom. The van der Waals surface area contributed by atoms with Crippen molar-refractivity contribution in [3.8, 4) is 5.75 Å². The van der Waals surface area contributed by atoms with E-state index in [1.54, 1.807) is 12.3 Å². The molecule has 0 bridgehead atoms. The van der Waals surface area contributed by atoms with Crippen LogP contribution in [0.3, 0.4) is 0 Å². The Kier molecular flexibility index (Phi) is 5.86. The monoisotopic (exact) mass is 430 g/mol. The molecule has 4 rings (SSSR count). The minimum absolute atomic E-state index is 0.0417. The average Bonchev–Trinajstić information content (AvgIpc) is 2.71. The highest BCUT2D eigenvalue weighted by atomic mass is 35.5. The number of hydrogen-bond donors (Lipinski definition) is 2. The van der Waals surface area contributed by atoms with Gasteiger partial charge in [-0.15, -0.1) is 0 Å². The second-order valence-electron chi connectivity index (χ2n) is 7.82. The maximum atomic E-state index is 11.9. The lowest BCUT2D eigenvalue weighted by Gasteiger charge is -2.41. The number of benzene rings is 2. The molecule has 0 atom stereocenters. The van der Waals surface area contributed by atoms with E-state index >= 15 is 0 Å². The molecule has 0 spiro atoms. The van der Waals surface area contributed by atoms with Crippen LogP contribution in [-0.4, -0.2) is 17.6 Å². The Hall–Kier alpha value is -2.01. The fraction of sp³-hybridized carbons (Fsp3) is 0.348. The molecular formula is C23H24Cl2N2O2. The number of pyridine rings is 1. The quantitative estimate of drug-likeness (QED) is 0.565. The SMILES string of the molecule is NCCC1(c2cccc(Cl)c2)CCC(Oc2cc3cc[nH]c(=O)c3cc2Cl)CC1. The normalized spacial score (nSPS) is 22.0. The van der Waals surface area contributed by atoms with Crippen molar-refractivity contribution in [2.45, 2.75) is 43.6 Å². The van der Waals surface area contributed by atoms with Crippen molar-refractivity contribution in [3.63, 3.8) is 0 Å². The first kappa shape index (κ1) is 20.3. The first-order valence-electron chi connectivity index (χ1n) is 9.94. The zero-order valence-corrected chi connectivity index (χ0v) is 17.6. The summed E-state index contributed by atoms with van der Waals surface area (Å²) in [6.45, 7) is 0.642. The lowest BCUT2D eigenvalue weighted by Crippen LogP contribution is -2.37. The summed E-state index contributed by atoms with van der Waals surface area (Å²) < 4.78 is 6.26. The molecule has 0 amide bonds. The number of nitrogens with one attached hydrogen (secondary N) is 1. The van der Waals surface area contributed by atoms with Crippen molar-refractivity contribution >= 4 is 34.0 Å². The van der Waals surface area contributed by atoms with Gasteiger partial charge in [-0.3, -0.25) is 4.79 Å². The summed E-state index contributed by atoms with van der Waals surface area (Å²) in [6.07, 6.45) is 6.44. The first-order chi connectivity index (χ1) is 14.0. The standard InChI is InChI=1S/C23H24Cl2N2O2/c24-17-3-1-2-16(13-17)23(9-10-26)7-4-18(5-8-23)29-21-12-15-6-11-27-22(28)19(15)14-20(21)25/h1-3,6,11-14,18H,4-5,7-10,26H2,(H,27,28). The highest BCUT2D eigenvalue weighted by molar-refractivity contribution is 6.32. The molecular weight excluding hydrogens is 407 g/mol. The van der Waals surface area contributed by atoms with E-state index in [0.717, 1.165) is 42.5 Å². The lowest BCUT2D eigenvalue weighted by molar-refractivity contribution is 0.113. The smallest absolute Gasteiger partial charge is 0.255 e. The predicted octanol–water partition coefficient (Wildman–Crippen LogP) is 5.44. The molecule has 1 aliphatic rings. The Bertz CT molecular complexity index is 1070. The van der Waals surface area contributed by atoms with E-state index in [4.69, 9.17) is 33.7 Å². The summed E-state index contributed by atoms with van der Waals surface area (Å²) in [5.74, 6) is 0.629. The number of hydrogen-bond acceptors (Lipinski definition) is 3. The van der Waals surface area contributed by atoms with Crippen molar-refractivity contribution in [1.82, 2.24) is 4.98 Å². The van der Waals surface area contributed by atoms with Gasteiger partial charge in [-0.1, -0.05) is 35.3 Å². The third-order valence-corrected chi connectivity index (χ3v) is 6.60. The van der Waals surface area contributed by atoms with Crippen LogP contribution in [0.1, 0.15) is 37.7 Å². The van der Waals surface area contributed by atoms with Crippen molar-refractivity contribution < 1.29 is 4.74 Å². The van der Waals surface area contributed by atoms with Crippen molar-refractivity contribution in [2.24, 2.45) is 5.73 Å². The van der Waals surface area contributed by atoms with Crippen LogP contribution >= 0.6 is 23.2 Å². The molecule has 1 aliphatic carbocycles. The molecule has 4 nitrogen and oxygen atoms in total. The zero-order chi connectivity index (χ0) is 20.4. The molecule has 0 unspecified atom stereocenters. The number of aromatic nitrogens is 1. The average molecular weight is 431 g/mol. The van der Waals surface area contributed by atoms with E-state index in [2.05, 4.69) is 17.1 Å². The molecule has 3 N–H and O–H groups in total. The number of ether oxygens (including phenoxy) is 1. The molecule has 0 aliphatic heterocycles. The van der Waals surface area contributed by atoms with Gasteiger partial charge in [0.15, 0.2) is 0 Å². The summed E-state index contributed by atoms with van der Waals surface area (Å²) in [5.41, 5.74) is 7.10. The Labute approximate surface area is 180 Å². The van der Waals surface area contributed by atoms with Crippen LogP contribution in [0.15, 0.2) is 53.5 Å². The van der Waals surface area contributed by atoms with Gasteiger partial charge in [0.1, 0.15) is 5.75 Å². The predicted molar refractivity (Wildman–Crippen MR) is 119 cm³/mol. The first-order valence-corrected chi connectivity index (χ1v) is 10.7. The van der Waals surface area contributed by atoms with Gasteiger partial charge in [0.25, 0.3) is 5.56 Å². The van der Waals surface area contributed by atoms with E-state index in [0.29, 0.717) is 22.7 Å². The molecule has 1 fully saturated rings. The fourth-order valence-electron chi connectivity index (χ4n) is 4.50. The minimum atomic E-state index is -0.151. The Balaban J connectivity index is 1.53. The number of fused-ring (bicyclic) bond motifs is 1. The summed E-state index contributed by atoms with van der Waals surface area (Å²) in [5, 5.41) is 2.61. The van der Waals surface area contributed by atoms with Crippen LogP contribution in [-0.2, 0) is 5.41 Å². The second-order valence-corrected chi connectivity index (χ2v) is 8.67. The summed E-state index contributed by atoms with van der Waals surface area (Å²) in [6, 6.07) is 13.5. The van der Waals surface area contributed by atoms with Gasteiger partial charge in [-0.2, -0.15) is 0 Å². The topological polar surface area (TPSA) is 68.1 Å². The van der Waals surface area contributed by atoms with Crippen LogP contribution in [0.2, 0.25) is 10.0 Å². The Morgan fingerprint density at radius 3 is 2.66 bits per heavy atom. The molecule has 1 heterocycles. The maximum absolute atomic E-state index is 11.9. The third-order valence-electron chi connectivity index (χ3n) is 6.07. The Morgan fingerprint density at radius 1 is 1.14 bits per heavy atom. The van der Waals surface area contributed by atoms with Crippen LogP contribution in [0.5, 0.6) is 5.75 Å². The number of halogens is 2. The molecule has 6 heteroatoms. The maximum Gasteiger partial charge on any atom is 0.255 e. The molecule has 0 radical (unpaired) electrons. The summed E-state index contributed by atoms with van der Waals surface area (Å²) in [4.78, 5) is 14.6. The van der Waals surface area contributed by atoms with Crippen LogP contribution in [0, 0.1) is 0 Å². The van der Waals surface area contributed by atoms with Crippen molar-refractivity contribution in [3.05, 3.63) is 74.6 Å². The molecule has 152 valence electrons. The van der Waals surface area contributed by atoms with E-state index in [1.807, 2.05) is 24.3 Å². The fourth-order valence-corrected chi connectivity index (χ4v) is 4.90. The lowest BCUT2D eigenvalue weighted by atomic mass is 9.67.